The Morgan fingerprint density at radius 3 is 2.27 bits per heavy atom. The fraction of sp³-hybridized carbons (Fsp3) is 0.700. The van der Waals surface area contributed by atoms with E-state index in [0.717, 1.165) is 0 Å². The molecule has 1 aliphatic carbocycles. The highest BCUT2D eigenvalue weighted by atomic mass is 16.1. The van der Waals surface area contributed by atoms with Crippen LogP contribution in [0.25, 0.3) is 0 Å². The molecule has 11 heavy (non-hydrogen) atoms. The lowest BCUT2D eigenvalue weighted by molar-refractivity contribution is -0.131. The van der Waals surface area contributed by atoms with Crippen LogP contribution in [0.15, 0.2) is 12.2 Å². The fourth-order valence-electron chi connectivity index (χ4n) is 1.47. The number of allylic oxidation sites excluding steroid dienone is 2. The van der Waals surface area contributed by atoms with Gasteiger partial charge in [-0.2, -0.15) is 0 Å². The van der Waals surface area contributed by atoms with Gasteiger partial charge in [-0.25, -0.2) is 0 Å². The van der Waals surface area contributed by atoms with Crippen molar-refractivity contribution in [3.05, 3.63) is 12.2 Å². The molecule has 62 valence electrons. The zero-order valence-electron chi connectivity index (χ0n) is 7.72. The van der Waals surface area contributed by atoms with Crippen molar-refractivity contribution in [2.24, 2.45) is 17.3 Å². The van der Waals surface area contributed by atoms with Crippen LogP contribution in [0.4, 0.5) is 0 Å². The fourth-order valence-corrected chi connectivity index (χ4v) is 1.47. The molecule has 0 saturated heterocycles. The van der Waals surface area contributed by atoms with E-state index in [9.17, 15) is 4.79 Å². The van der Waals surface area contributed by atoms with E-state index in [4.69, 9.17) is 0 Å². The number of carbonyl (C=O) groups excluding carboxylic acids is 1. The van der Waals surface area contributed by atoms with Crippen LogP contribution in [0.1, 0.15) is 27.7 Å². The number of ketones is 1. The molecule has 1 aliphatic rings. The Labute approximate surface area is 68.5 Å². The second-order valence-corrected chi connectivity index (χ2v) is 4.05. The number of hydrogen-bond acceptors (Lipinski definition) is 1. The molecule has 0 heterocycles. The van der Waals surface area contributed by atoms with Crippen molar-refractivity contribution >= 4 is 5.78 Å². The van der Waals surface area contributed by atoms with Gasteiger partial charge in [-0.1, -0.05) is 39.8 Å². The van der Waals surface area contributed by atoms with Crippen molar-refractivity contribution in [1.82, 2.24) is 0 Å². The van der Waals surface area contributed by atoms with Crippen molar-refractivity contribution in [2.75, 3.05) is 0 Å². The van der Waals surface area contributed by atoms with E-state index >= 15 is 0 Å². The first-order chi connectivity index (χ1) is 4.96. The van der Waals surface area contributed by atoms with E-state index in [-0.39, 0.29) is 11.3 Å². The van der Waals surface area contributed by atoms with Gasteiger partial charge in [0.05, 0.1) is 0 Å². The molecule has 2 atom stereocenters. The number of hydrogen-bond donors (Lipinski definition) is 0. The van der Waals surface area contributed by atoms with Gasteiger partial charge in [0.25, 0.3) is 0 Å². The van der Waals surface area contributed by atoms with Gasteiger partial charge in [0.1, 0.15) is 5.78 Å². The molecule has 0 aromatic heterocycles. The largest absolute Gasteiger partial charge is 0.298 e. The lowest BCUT2D eigenvalue weighted by atomic mass is 9.69. The summed E-state index contributed by atoms with van der Waals surface area (Å²) in [7, 11) is 0. The van der Waals surface area contributed by atoms with E-state index in [1.165, 1.54) is 0 Å². The van der Waals surface area contributed by atoms with Gasteiger partial charge in [0, 0.05) is 11.3 Å². The maximum Gasteiger partial charge on any atom is 0.145 e. The van der Waals surface area contributed by atoms with Crippen molar-refractivity contribution in [3.8, 4) is 0 Å². The third-order valence-electron chi connectivity index (χ3n) is 2.88. The zero-order chi connectivity index (χ0) is 8.65. The van der Waals surface area contributed by atoms with Crippen LogP contribution < -0.4 is 0 Å². The summed E-state index contributed by atoms with van der Waals surface area (Å²) in [5.41, 5.74) is -0.159. The molecule has 0 spiro atoms. The van der Waals surface area contributed by atoms with Gasteiger partial charge < -0.3 is 0 Å². The Morgan fingerprint density at radius 2 is 1.82 bits per heavy atom. The summed E-state index contributed by atoms with van der Waals surface area (Å²) in [4.78, 5) is 11.6. The zero-order valence-corrected chi connectivity index (χ0v) is 7.72. The molecule has 0 amide bonds. The summed E-state index contributed by atoms with van der Waals surface area (Å²) < 4.78 is 0. The minimum Gasteiger partial charge on any atom is -0.298 e. The second kappa shape index (κ2) is 2.47. The van der Waals surface area contributed by atoms with Crippen LogP contribution in [-0.2, 0) is 4.79 Å². The minimum absolute atomic E-state index is 0.112. The van der Waals surface area contributed by atoms with Crippen LogP contribution in [0.5, 0.6) is 0 Å². The van der Waals surface area contributed by atoms with Gasteiger partial charge in [-0.15, -0.1) is 0 Å². The first-order valence-corrected chi connectivity index (χ1v) is 4.19. The molecule has 1 heteroatoms. The summed E-state index contributed by atoms with van der Waals surface area (Å²) in [5, 5.41) is 0. The summed E-state index contributed by atoms with van der Waals surface area (Å²) >= 11 is 0. The average molecular weight is 152 g/mol. The van der Waals surface area contributed by atoms with Gasteiger partial charge in [0.2, 0.25) is 0 Å². The van der Waals surface area contributed by atoms with Gasteiger partial charge in [0.15, 0.2) is 0 Å². The molecule has 1 rings (SSSR count). The summed E-state index contributed by atoms with van der Waals surface area (Å²) in [5.74, 6) is 0.861. The van der Waals surface area contributed by atoms with E-state index in [2.05, 4.69) is 13.0 Å². The highest BCUT2D eigenvalue weighted by Crippen LogP contribution is 2.35. The lowest BCUT2D eigenvalue weighted by Gasteiger charge is -2.33. The first kappa shape index (κ1) is 8.51. The SMILES string of the molecule is CC1C=CC(C)C(C)(C)C1=O. The topological polar surface area (TPSA) is 17.1 Å². The summed E-state index contributed by atoms with van der Waals surface area (Å²) in [6, 6.07) is 0. The smallest absolute Gasteiger partial charge is 0.145 e. The second-order valence-electron chi connectivity index (χ2n) is 4.05. The average Bonchev–Trinajstić information content (AvgIpc) is 1.95. The van der Waals surface area contributed by atoms with Crippen molar-refractivity contribution < 1.29 is 4.79 Å². The Balaban J connectivity index is 2.97. The van der Waals surface area contributed by atoms with Crippen LogP contribution in [0, 0.1) is 17.3 Å². The van der Waals surface area contributed by atoms with Crippen molar-refractivity contribution in [1.29, 1.82) is 0 Å². The summed E-state index contributed by atoms with van der Waals surface area (Å²) in [6.45, 7) is 8.12. The molecular weight excluding hydrogens is 136 g/mol. The van der Waals surface area contributed by atoms with E-state index < -0.39 is 0 Å². The molecule has 0 fully saturated rings. The Morgan fingerprint density at radius 1 is 1.27 bits per heavy atom. The molecular formula is C10H16O. The highest BCUT2D eigenvalue weighted by molar-refractivity contribution is 5.89. The molecule has 0 bridgehead atoms. The number of Topliss-reactive ketones (excluding diaryl/α,β-unsaturated/α-hetero) is 1. The van der Waals surface area contributed by atoms with Gasteiger partial charge in [-0.05, 0) is 5.92 Å². The molecule has 0 aromatic rings. The monoisotopic (exact) mass is 152 g/mol. The van der Waals surface area contributed by atoms with Crippen LogP contribution >= 0.6 is 0 Å². The molecule has 0 radical (unpaired) electrons. The van der Waals surface area contributed by atoms with E-state index in [0.29, 0.717) is 11.7 Å². The molecule has 0 N–H and O–H groups in total. The van der Waals surface area contributed by atoms with E-state index in [1.54, 1.807) is 0 Å². The van der Waals surface area contributed by atoms with Crippen LogP contribution in [0.2, 0.25) is 0 Å². The Hall–Kier alpha value is -0.590. The molecule has 2 unspecified atom stereocenters. The normalized spacial score (nSPS) is 35.8. The number of carbonyl (C=O) groups is 1. The summed E-state index contributed by atoms with van der Waals surface area (Å²) in [6.07, 6.45) is 4.16. The van der Waals surface area contributed by atoms with E-state index in [1.807, 2.05) is 26.8 Å². The minimum atomic E-state index is -0.159. The predicted molar refractivity (Wildman–Crippen MR) is 46.3 cm³/mol. The number of rotatable bonds is 0. The Kier molecular flexibility index (Phi) is 1.91. The lowest BCUT2D eigenvalue weighted by Crippen LogP contribution is -2.36. The van der Waals surface area contributed by atoms with Crippen LogP contribution in [0.3, 0.4) is 0 Å². The predicted octanol–water partition coefficient (Wildman–Crippen LogP) is 2.42. The maximum absolute atomic E-state index is 11.6. The van der Waals surface area contributed by atoms with Gasteiger partial charge >= 0.3 is 0 Å². The van der Waals surface area contributed by atoms with Crippen molar-refractivity contribution in [2.45, 2.75) is 27.7 Å². The molecule has 0 aliphatic heterocycles. The Bertz CT molecular complexity index is 201. The standard InChI is InChI=1S/C10H16O/c1-7-5-6-8(2)10(3,4)9(7)11/h5-8H,1-4H3. The quantitative estimate of drug-likeness (QED) is 0.487. The molecule has 0 aromatic carbocycles. The maximum atomic E-state index is 11.6. The van der Waals surface area contributed by atoms with Gasteiger partial charge in [-0.3, -0.25) is 4.79 Å². The first-order valence-electron chi connectivity index (χ1n) is 4.19. The molecule has 1 nitrogen and oxygen atoms in total. The highest BCUT2D eigenvalue weighted by Gasteiger charge is 2.37. The molecule has 0 saturated carbocycles. The van der Waals surface area contributed by atoms with Crippen LogP contribution in [-0.4, -0.2) is 5.78 Å². The third kappa shape index (κ3) is 1.24. The third-order valence-corrected chi connectivity index (χ3v) is 2.88. The van der Waals surface area contributed by atoms with Crippen molar-refractivity contribution in [3.63, 3.8) is 0 Å².